The summed E-state index contributed by atoms with van der Waals surface area (Å²) in [5.41, 5.74) is 2.04. The second-order valence-corrected chi connectivity index (χ2v) is 6.49. The smallest absolute Gasteiger partial charge is 0.314 e. The highest BCUT2D eigenvalue weighted by molar-refractivity contribution is 5.78. The number of hydrogen-bond acceptors (Lipinski definition) is 5. The second-order valence-electron chi connectivity index (χ2n) is 6.49. The SMILES string of the molecule is CCOC(=O)CCN(Cc1ccccc1)C[C@@H](C(=O)OCC)c1ccccc1. The minimum atomic E-state index is -0.410. The van der Waals surface area contributed by atoms with Crippen molar-refractivity contribution in [1.82, 2.24) is 4.90 Å². The van der Waals surface area contributed by atoms with Gasteiger partial charge in [0.05, 0.1) is 25.6 Å². The van der Waals surface area contributed by atoms with Crippen LogP contribution in [0.1, 0.15) is 37.3 Å². The van der Waals surface area contributed by atoms with E-state index in [-0.39, 0.29) is 18.4 Å². The lowest BCUT2D eigenvalue weighted by molar-refractivity contribution is -0.145. The molecule has 28 heavy (non-hydrogen) atoms. The van der Waals surface area contributed by atoms with Crippen LogP contribution >= 0.6 is 0 Å². The van der Waals surface area contributed by atoms with E-state index < -0.39 is 5.92 Å². The minimum Gasteiger partial charge on any atom is -0.466 e. The molecule has 0 saturated heterocycles. The molecule has 0 heterocycles. The van der Waals surface area contributed by atoms with E-state index in [9.17, 15) is 9.59 Å². The third kappa shape index (κ3) is 7.16. The molecule has 0 amide bonds. The number of ether oxygens (including phenoxy) is 2. The maximum atomic E-state index is 12.6. The van der Waals surface area contributed by atoms with Gasteiger partial charge in [-0.2, -0.15) is 0 Å². The van der Waals surface area contributed by atoms with E-state index in [2.05, 4.69) is 4.90 Å². The number of carbonyl (C=O) groups excluding carboxylic acids is 2. The molecule has 0 spiro atoms. The molecule has 0 radical (unpaired) electrons. The molecule has 0 saturated carbocycles. The molecule has 2 aromatic rings. The summed E-state index contributed by atoms with van der Waals surface area (Å²) in [7, 11) is 0. The Morgan fingerprint density at radius 2 is 1.50 bits per heavy atom. The van der Waals surface area contributed by atoms with Crippen LogP contribution in [0.15, 0.2) is 60.7 Å². The van der Waals surface area contributed by atoms with Crippen molar-refractivity contribution in [3.8, 4) is 0 Å². The third-order valence-electron chi connectivity index (χ3n) is 4.40. The van der Waals surface area contributed by atoms with Crippen molar-refractivity contribution < 1.29 is 19.1 Å². The van der Waals surface area contributed by atoms with Gasteiger partial charge in [0.25, 0.3) is 0 Å². The van der Waals surface area contributed by atoms with Gasteiger partial charge in [-0.3, -0.25) is 14.5 Å². The fourth-order valence-corrected chi connectivity index (χ4v) is 3.06. The highest BCUT2D eigenvalue weighted by Gasteiger charge is 2.25. The van der Waals surface area contributed by atoms with Gasteiger partial charge in [-0.05, 0) is 25.0 Å². The van der Waals surface area contributed by atoms with E-state index in [1.165, 1.54) is 0 Å². The van der Waals surface area contributed by atoms with Crippen LogP contribution in [-0.4, -0.2) is 43.1 Å². The molecule has 0 aliphatic heterocycles. The van der Waals surface area contributed by atoms with Crippen LogP contribution in [0.2, 0.25) is 0 Å². The van der Waals surface area contributed by atoms with Gasteiger partial charge in [-0.25, -0.2) is 0 Å². The van der Waals surface area contributed by atoms with Gasteiger partial charge in [0.1, 0.15) is 0 Å². The molecule has 0 aliphatic carbocycles. The first-order valence-corrected chi connectivity index (χ1v) is 9.77. The molecule has 5 nitrogen and oxygen atoms in total. The average molecular weight is 383 g/mol. The van der Waals surface area contributed by atoms with Gasteiger partial charge in [0, 0.05) is 19.6 Å². The van der Waals surface area contributed by atoms with Crippen LogP contribution in [-0.2, 0) is 25.6 Å². The number of rotatable bonds is 11. The fraction of sp³-hybridized carbons (Fsp3) is 0.391. The summed E-state index contributed by atoms with van der Waals surface area (Å²) >= 11 is 0. The van der Waals surface area contributed by atoms with Crippen molar-refractivity contribution in [3.05, 3.63) is 71.8 Å². The quantitative estimate of drug-likeness (QED) is 0.553. The highest BCUT2D eigenvalue weighted by atomic mass is 16.5. The van der Waals surface area contributed by atoms with Crippen LogP contribution in [0.5, 0.6) is 0 Å². The van der Waals surface area contributed by atoms with Crippen molar-refractivity contribution in [1.29, 1.82) is 0 Å². The Bertz CT molecular complexity index is 718. The van der Waals surface area contributed by atoms with Crippen molar-refractivity contribution in [3.63, 3.8) is 0 Å². The lowest BCUT2D eigenvalue weighted by Crippen LogP contribution is -2.34. The van der Waals surface area contributed by atoms with E-state index >= 15 is 0 Å². The zero-order valence-corrected chi connectivity index (χ0v) is 16.7. The van der Waals surface area contributed by atoms with Gasteiger partial charge in [0.2, 0.25) is 0 Å². The summed E-state index contributed by atoms with van der Waals surface area (Å²) < 4.78 is 10.4. The number of esters is 2. The molecule has 150 valence electrons. The van der Waals surface area contributed by atoms with E-state index in [1.54, 1.807) is 6.92 Å². The predicted octanol–water partition coefficient (Wildman–Crippen LogP) is 3.79. The Morgan fingerprint density at radius 3 is 2.11 bits per heavy atom. The van der Waals surface area contributed by atoms with Crippen LogP contribution < -0.4 is 0 Å². The zero-order valence-electron chi connectivity index (χ0n) is 16.7. The number of carbonyl (C=O) groups is 2. The number of benzene rings is 2. The van der Waals surface area contributed by atoms with Crippen molar-refractivity contribution in [2.24, 2.45) is 0 Å². The first-order chi connectivity index (χ1) is 13.6. The topological polar surface area (TPSA) is 55.8 Å². The summed E-state index contributed by atoms with van der Waals surface area (Å²) in [6.07, 6.45) is 0.283. The molecular formula is C23H29NO4. The molecule has 0 aliphatic rings. The Labute approximate surface area is 167 Å². The Kier molecular flexibility index (Phi) is 9.22. The largest absolute Gasteiger partial charge is 0.466 e. The molecule has 1 atom stereocenters. The Balaban J connectivity index is 2.17. The summed E-state index contributed by atoms with van der Waals surface area (Å²) in [5, 5.41) is 0. The Morgan fingerprint density at radius 1 is 0.893 bits per heavy atom. The molecule has 2 aromatic carbocycles. The lowest BCUT2D eigenvalue weighted by atomic mass is 9.98. The van der Waals surface area contributed by atoms with E-state index in [4.69, 9.17) is 9.47 Å². The van der Waals surface area contributed by atoms with Crippen LogP contribution in [0.4, 0.5) is 0 Å². The highest BCUT2D eigenvalue weighted by Crippen LogP contribution is 2.20. The maximum absolute atomic E-state index is 12.6. The zero-order chi connectivity index (χ0) is 20.2. The first kappa shape index (κ1) is 21.6. The molecule has 0 N–H and O–H groups in total. The third-order valence-corrected chi connectivity index (χ3v) is 4.40. The van der Waals surface area contributed by atoms with Crippen molar-refractivity contribution in [2.75, 3.05) is 26.3 Å². The summed E-state index contributed by atoms with van der Waals surface area (Å²) in [6.45, 7) is 5.93. The van der Waals surface area contributed by atoms with Crippen LogP contribution in [0, 0.1) is 0 Å². The van der Waals surface area contributed by atoms with E-state index in [0.717, 1.165) is 11.1 Å². The molecular weight excluding hydrogens is 354 g/mol. The van der Waals surface area contributed by atoms with Gasteiger partial charge >= 0.3 is 11.9 Å². The second kappa shape index (κ2) is 11.9. The average Bonchev–Trinajstić information content (AvgIpc) is 2.71. The molecule has 5 heteroatoms. The lowest BCUT2D eigenvalue weighted by Gasteiger charge is -2.27. The number of nitrogens with zero attached hydrogens (tertiary/aromatic N) is 1. The van der Waals surface area contributed by atoms with Gasteiger partial charge < -0.3 is 9.47 Å². The number of hydrogen-bond donors (Lipinski definition) is 0. The molecule has 2 rings (SSSR count). The van der Waals surface area contributed by atoms with Gasteiger partial charge in [0.15, 0.2) is 0 Å². The van der Waals surface area contributed by atoms with E-state index in [0.29, 0.717) is 32.8 Å². The van der Waals surface area contributed by atoms with Crippen molar-refractivity contribution in [2.45, 2.75) is 32.7 Å². The molecule has 0 fully saturated rings. The first-order valence-electron chi connectivity index (χ1n) is 9.77. The van der Waals surface area contributed by atoms with Crippen LogP contribution in [0.3, 0.4) is 0 Å². The summed E-state index contributed by atoms with van der Waals surface area (Å²) in [5.74, 6) is -0.886. The molecule has 0 bridgehead atoms. The summed E-state index contributed by atoms with van der Waals surface area (Å²) in [4.78, 5) is 26.6. The fourth-order valence-electron chi connectivity index (χ4n) is 3.06. The van der Waals surface area contributed by atoms with Crippen LogP contribution in [0.25, 0.3) is 0 Å². The summed E-state index contributed by atoms with van der Waals surface area (Å²) in [6, 6.07) is 19.7. The minimum absolute atomic E-state index is 0.229. The predicted molar refractivity (Wildman–Crippen MR) is 109 cm³/mol. The standard InChI is InChI=1S/C23H29NO4/c1-3-27-22(25)15-16-24(17-19-11-7-5-8-12-19)18-21(23(26)28-4-2)20-13-9-6-10-14-20/h5-14,21H,3-4,15-18H2,1-2H3/t21-/m1/s1. The maximum Gasteiger partial charge on any atom is 0.314 e. The monoisotopic (exact) mass is 383 g/mol. The van der Waals surface area contributed by atoms with Crippen molar-refractivity contribution >= 4 is 11.9 Å². The van der Waals surface area contributed by atoms with Gasteiger partial charge in [-0.1, -0.05) is 60.7 Å². The molecule has 0 aromatic heterocycles. The van der Waals surface area contributed by atoms with E-state index in [1.807, 2.05) is 67.6 Å². The normalized spacial score (nSPS) is 11.8. The molecule has 0 unspecified atom stereocenters. The Hall–Kier alpha value is -2.66. The van der Waals surface area contributed by atoms with Gasteiger partial charge in [-0.15, -0.1) is 0 Å².